The first-order chi connectivity index (χ1) is 11.7. The van der Waals surface area contributed by atoms with Crippen molar-refractivity contribution in [2.75, 3.05) is 18.9 Å². The van der Waals surface area contributed by atoms with Crippen LogP contribution >= 0.6 is 0 Å². The van der Waals surface area contributed by atoms with Gasteiger partial charge in [0.1, 0.15) is 12.1 Å². The molecule has 1 aliphatic rings. The first-order valence-electron chi connectivity index (χ1n) is 7.92. The van der Waals surface area contributed by atoms with Crippen LogP contribution < -0.4 is 5.32 Å². The van der Waals surface area contributed by atoms with Gasteiger partial charge < -0.3 is 10.2 Å². The molecule has 24 heavy (non-hydrogen) atoms. The summed E-state index contributed by atoms with van der Waals surface area (Å²) in [5.74, 6) is 1.09. The van der Waals surface area contributed by atoms with Crippen LogP contribution in [0.3, 0.4) is 0 Å². The summed E-state index contributed by atoms with van der Waals surface area (Å²) in [6.07, 6.45) is 3.74. The molecular formula is C17H18N6O. The van der Waals surface area contributed by atoms with Crippen LogP contribution in [0.25, 0.3) is 11.0 Å². The van der Waals surface area contributed by atoms with Gasteiger partial charge in [-0.25, -0.2) is 9.97 Å². The minimum atomic E-state index is 0.0767. The monoisotopic (exact) mass is 322 g/mol. The quantitative estimate of drug-likeness (QED) is 0.767. The van der Waals surface area contributed by atoms with Gasteiger partial charge in [-0.05, 0) is 5.56 Å². The largest absolute Gasteiger partial charge is 0.369 e. The van der Waals surface area contributed by atoms with Crippen LogP contribution in [-0.2, 0) is 4.79 Å². The van der Waals surface area contributed by atoms with Crippen LogP contribution in [-0.4, -0.2) is 44.6 Å². The molecule has 1 aromatic carbocycles. The van der Waals surface area contributed by atoms with Gasteiger partial charge in [0.2, 0.25) is 5.91 Å². The standard InChI is InChI=1S/C17H18N6O/c1-23-14(24)7-12(15(23)11-5-3-2-4-6-11)8-18-16-13-9-21-22-17(13)20-10-19-16/h2-6,9-10,12,15H,7-8H2,1H3,(H2,18,19,20,21,22). The Hall–Kier alpha value is -2.96. The number of anilines is 1. The molecule has 1 saturated heterocycles. The normalized spacial score (nSPS) is 20.7. The number of aromatic amines is 1. The average molecular weight is 322 g/mol. The second-order valence-corrected chi connectivity index (χ2v) is 6.06. The number of hydrogen-bond donors (Lipinski definition) is 2. The molecule has 3 aromatic rings. The van der Waals surface area contributed by atoms with E-state index in [1.807, 2.05) is 30.1 Å². The Balaban J connectivity index is 1.56. The van der Waals surface area contributed by atoms with Crippen molar-refractivity contribution < 1.29 is 4.79 Å². The van der Waals surface area contributed by atoms with Crippen molar-refractivity contribution in [1.29, 1.82) is 0 Å². The van der Waals surface area contributed by atoms with Crippen LogP contribution in [0.15, 0.2) is 42.9 Å². The summed E-state index contributed by atoms with van der Waals surface area (Å²) in [6, 6.07) is 10.2. The van der Waals surface area contributed by atoms with Crippen molar-refractivity contribution in [2.24, 2.45) is 5.92 Å². The van der Waals surface area contributed by atoms with Gasteiger partial charge in [-0.2, -0.15) is 5.10 Å². The molecule has 0 bridgehead atoms. The Labute approximate surface area is 139 Å². The lowest BCUT2D eigenvalue weighted by atomic mass is 9.93. The fourth-order valence-corrected chi connectivity index (χ4v) is 3.41. The maximum atomic E-state index is 12.2. The van der Waals surface area contributed by atoms with Crippen LogP contribution in [0.5, 0.6) is 0 Å². The molecular weight excluding hydrogens is 304 g/mol. The number of nitrogens with one attached hydrogen (secondary N) is 2. The van der Waals surface area contributed by atoms with E-state index in [4.69, 9.17) is 0 Å². The molecule has 7 heteroatoms. The molecule has 1 amide bonds. The zero-order valence-electron chi connectivity index (χ0n) is 13.3. The number of amides is 1. The Morgan fingerprint density at radius 1 is 1.29 bits per heavy atom. The predicted molar refractivity (Wildman–Crippen MR) is 90.2 cm³/mol. The fraction of sp³-hybridized carbons (Fsp3) is 0.294. The molecule has 2 unspecified atom stereocenters. The zero-order valence-corrected chi connectivity index (χ0v) is 13.3. The summed E-state index contributed by atoms with van der Waals surface area (Å²) in [4.78, 5) is 22.5. The number of fused-ring (bicyclic) bond motifs is 1. The zero-order chi connectivity index (χ0) is 16.5. The van der Waals surface area contributed by atoms with E-state index in [0.29, 0.717) is 18.6 Å². The van der Waals surface area contributed by atoms with Gasteiger partial charge in [0.15, 0.2) is 5.65 Å². The van der Waals surface area contributed by atoms with Gasteiger partial charge in [-0.15, -0.1) is 0 Å². The summed E-state index contributed by atoms with van der Waals surface area (Å²) in [5.41, 5.74) is 1.86. The van der Waals surface area contributed by atoms with E-state index in [1.54, 1.807) is 6.20 Å². The van der Waals surface area contributed by atoms with Gasteiger partial charge in [0, 0.05) is 25.9 Å². The molecule has 7 nitrogen and oxygen atoms in total. The summed E-state index contributed by atoms with van der Waals surface area (Å²) in [7, 11) is 1.87. The highest BCUT2D eigenvalue weighted by atomic mass is 16.2. The lowest BCUT2D eigenvalue weighted by Crippen LogP contribution is -2.26. The van der Waals surface area contributed by atoms with E-state index in [2.05, 4.69) is 37.6 Å². The van der Waals surface area contributed by atoms with E-state index in [1.165, 1.54) is 6.33 Å². The van der Waals surface area contributed by atoms with E-state index in [-0.39, 0.29) is 17.9 Å². The summed E-state index contributed by atoms with van der Waals surface area (Å²) >= 11 is 0. The van der Waals surface area contributed by atoms with Gasteiger partial charge >= 0.3 is 0 Å². The number of likely N-dealkylation sites (tertiary alicyclic amines) is 1. The van der Waals surface area contributed by atoms with Crippen molar-refractivity contribution in [1.82, 2.24) is 25.1 Å². The topological polar surface area (TPSA) is 86.8 Å². The number of rotatable bonds is 4. The van der Waals surface area contributed by atoms with E-state index in [9.17, 15) is 4.79 Å². The summed E-state index contributed by atoms with van der Waals surface area (Å²) in [6.45, 7) is 0.660. The molecule has 0 spiro atoms. The predicted octanol–water partition coefficient (Wildman–Crippen LogP) is 1.98. The molecule has 2 aromatic heterocycles. The van der Waals surface area contributed by atoms with Gasteiger partial charge in [-0.3, -0.25) is 9.89 Å². The second kappa shape index (κ2) is 5.92. The Morgan fingerprint density at radius 2 is 2.12 bits per heavy atom. The molecule has 1 fully saturated rings. The Bertz CT molecular complexity index is 862. The fourth-order valence-electron chi connectivity index (χ4n) is 3.41. The average Bonchev–Trinajstić information content (AvgIpc) is 3.19. The smallest absolute Gasteiger partial charge is 0.223 e. The number of carbonyl (C=O) groups excluding carboxylic acids is 1. The minimum absolute atomic E-state index is 0.0767. The third kappa shape index (κ3) is 2.47. The third-order valence-corrected chi connectivity index (χ3v) is 4.61. The van der Waals surface area contributed by atoms with E-state index < -0.39 is 0 Å². The van der Waals surface area contributed by atoms with Crippen LogP contribution in [0.1, 0.15) is 18.0 Å². The maximum absolute atomic E-state index is 12.2. The van der Waals surface area contributed by atoms with Crippen molar-refractivity contribution >= 4 is 22.8 Å². The van der Waals surface area contributed by atoms with Gasteiger partial charge in [-0.1, -0.05) is 30.3 Å². The number of H-pyrrole nitrogens is 1. The van der Waals surface area contributed by atoms with Crippen molar-refractivity contribution in [3.63, 3.8) is 0 Å². The molecule has 0 radical (unpaired) electrons. The molecule has 2 atom stereocenters. The number of hydrogen-bond acceptors (Lipinski definition) is 5. The van der Waals surface area contributed by atoms with Crippen molar-refractivity contribution in [3.05, 3.63) is 48.4 Å². The minimum Gasteiger partial charge on any atom is -0.369 e. The van der Waals surface area contributed by atoms with Crippen molar-refractivity contribution in [2.45, 2.75) is 12.5 Å². The molecule has 122 valence electrons. The summed E-state index contributed by atoms with van der Waals surface area (Å²) in [5, 5.41) is 11.1. The molecule has 4 rings (SSSR count). The summed E-state index contributed by atoms with van der Waals surface area (Å²) < 4.78 is 0. The molecule has 3 heterocycles. The van der Waals surface area contributed by atoms with Gasteiger partial charge in [0.25, 0.3) is 0 Å². The van der Waals surface area contributed by atoms with Crippen LogP contribution in [0.4, 0.5) is 5.82 Å². The Kier molecular flexibility index (Phi) is 3.60. The highest BCUT2D eigenvalue weighted by molar-refractivity contribution is 5.85. The first kappa shape index (κ1) is 14.6. The van der Waals surface area contributed by atoms with Gasteiger partial charge in [0.05, 0.1) is 17.6 Å². The molecule has 0 aliphatic carbocycles. The lowest BCUT2D eigenvalue weighted by molar-refractivity contribution is -0.127. The van der Waals surface area contributed by atoms with E-state index >= 15 is 0 Å². The first-order valence-corrected chi connectivity index (χ1v) is 7.92. The molecule has 2 N–H and O–H groups in total. The van der Waals surface area contributed by atoms with Crippen LogP contribution in [0.2, 0.25) is 0 Å². The maximum Gasteiger partial charge on any atom is 0.223 e. The number of benzene rings is 1. The third-order valence-electron chi connectivity index (χ3n) is 4.61. The number of carbonyl (C=O) groups is 1. The number of nitrogens with zero attached hydrogens (tertiary/aromatic N) is 4. The van der Waals surface area contributed by atoms with E-state index in [0.717, 1.165) is 16.8 Å². The number of aromatic nitrogens is 4. The second-order valence-electron chi connectivity index (χ2n) is 6.06. The van der Waals surface area contributed by atoms with Crippen LogP contribution in [0, 0.1) is 5.92 Å². The highest BCUT2D eigenvalue weighted by Crippen LogP contribution is 2.37. The Morgan fingerprint density at radius 3 is 2.96 bits per heavy atom. The molecule has 0 saturated carbocycles. The highest BCUT2D eigenvalue weighted by Gasteiger charge is 2.38. The SMILES string of the molecule is CN1C(=O)CC(CNc2ncnc3[nH]ncc23)C1c1ccccc1. The molecule has 1 aliphatic heterocycles. The van der Waals surface area contributed by atoms with Crippen molar-refractivity contribution in [3.8, 4) is 0 Å². The lowest BCUT2D eigenvalue weighted by Gasteiger charge is -2.25.